The van der Waals surface area contributed by atoms with Gasteiger partial charge in [0.15, 0.2) is 0 Å². The minimum Gasteiger partial charge on any atom is -0.497 e. The maximum Gasteiger partial charge on any atom is 0.119 e. The second-order valence-electron chi connectivity index (χ2n) is 5.14. The monoisotopic (exact) mass is 255 g/mol. The van der Waals surface area contributed by atoms with Gasteiger partial charge in [0.05, 0.1) is 7.11 Å². The average molecular weight is 255 g/mol. The summed E-state index contributed by atoms with van der Waals surface area (Å²) < 4.78 is 5.26. The zero-order valence-electron chi connectivity index (χ0n) is 11.6. The van der Waals surface area contributed by atoms with Crippen molar-refractivity contribution in [2.24, 2.45) is 5.73 Å². The van der Waals surface area contributed by atoms with Gasteiger partial charge in [0, 0.05) is 5.54 Å². The number of aryl methyl sites for hydroxylation is 1. The number of nitrogens with two attached hydrogens (primary N) is 1. The van der Waals surface area contributed by atoms with Gasteiger partial charge in [-0.1, -0.05) is 42.5 Å². The van der Waals surface area contributed by atoms with Gasteiger partial charge in [0.25, 0.3) is 0 Å². The van der Waals surface area contributed by atoms with Gasteiger partial charge in [-0.05, 0) is 43.0 Å². The van der Waals surface area contributed by atoms with Crippen LogP contribution < -0.4 is 10.5 Å². The van der Waals surface area contributed by atoms with Gasteiger partial charge in [0.2, 0.25) is 0 Å². The number of hydrogen-bond acceptors (Lipinski definition) is 2. The molecule has 0 saturated carbocycles. The third-order valence-electron chi connectivity index (χ3n) is 3.51. The number of hydrogen-bond donors (Lipinski definition) is 1. The molecular formula is C17H21NO. The Morgan fingerprint density at radius 2 is 1.79 bits per heavy atom. The highest BCUT2D eigenvalue weighted by atomic mass is 16.5. The molecule has 0 spiro atoms. The lowest BCUT2D eigenvalue weighted by Crippen LogP contribution is -2.33. The molecule has 0 aliphatic rings. The van der Waals surface area contributed by atoms with E-state index in [4.69, 9.17) is 10.5 Å². The lowest BCUT2D eigenvalue weighted by Gasteiger charge is -2.25. The molecule has 1 unspecified atom stereocenters. The van der Waals surface area contributed by atoms with Crippen LogP contribution in [0.4, 0.5) is 0 Å². The summed E-state index contributed by atoms with van der Waals surface area (Å²) in [5.74, 6) is 0.855. The number of methoxy groups -OCH3 is 1. The summed E-state index contributed by atoms with van der Waals surface area (Å²) in [4.78, 5) is 0. The van der Waals surface area contributed by atoms with Crippen LogP contribution in [0.25, 0.3) is 0 Å². The second kappa shape index (κ2) is 5.89. The van der Waals surface area contributed by atoms with E-state index in [1.54, 1.807) is 7.11 Å². The van der Waals surface area contributed by atoms with Gasteiger partial charge in [-0.2, -0.15) is 0 Å². The van der Waals surface area contributed by atoms with Crippen LogP contribution in [0.15, 0.2) is 54.6 Å². The first-order chi connectivity index (χ1) is 9.12. The van der Waals surface area contributed by atoms with Crippen LogP contribution in [0.1, 0.15) is 24.5 Å². The van der Waals surface area contributed by atoms with E-state index in [0.717, 1.165) is 24.2 Å². The zero-order chi connectivity index (χ0) is 13.7. The summed E-state index contributed by atoms with van der Waals surface area (Å²) >= 11 is 0. The molecule has 0 bridgehead atoms. The molecule has 100 valence electrons. The van der Waals surface area contributed by atoms with E-state index in [2.05, 4.69) is 37.3 Å². The van der Waals surface area contributed by atoms with Crippen LogP contribution in [0.2, 0.25) is 0 Å². The van der Waals surface area contributed by atoms with E-state index < -0.39 is 0 Å². The fourth-order valence-electron chi connectivity index (χ4n) is 2.17. The van der Waals surface area contributed by atoms with E-state index in [9.17, 15) is 0 Å². The first-order valence-corrected chi connectivity index (χ1v) is 6.59. The number of benzene rings is 2. The molecule has 0 saturated heterocycles. The maximum atomic E-state index is 6.45. The third kappa shape index (κ3) is 3.58. The van der Waals surface area contributed by atoms with Crippen molar-refractivity contribution in [2.45, 2.75) is 25.3 Å². The molecule has 0 aliphatic carbocycles. The maximum absolute atomic E-state index is 6.45. The highest BCUT2D eigenvalue weighted by molar-refractivity contribution is 5.33. The predicted molar refractivity (Wildman–Crippen MR) is 79.3 cm³/mol. The Balaban J connectivity index is 2.09. The number of ether oxygens (including phenoxy) is 1. The summed E-state index contributed by atoms with van der Waals surface area (Å²) in [5, 5.41) is 0. The van der Waals surface area contributed by atoms with Crippen molar-refractivity contribution < 1.29 is 4.74 Å². The minimum atomic E-state index is -0.343. The molecule has 0 aliphatic heterocycles. The van der Waals surface area contributed by atoms with Crippen molar-refractivity contribution >= 4 is 0 Å². The highest BCUT2D eigenvalue weighted by Gasteiger charge is 2.21. The summed E-state index contributed by atoms with van der Waals surface area (Å²) in [5.41, 5.74) is 8.55. The lowest BCUT2D eigenvalue weighted by molar-refractivity contribution is 0.407. The van der Waals surface area contributed by atoms with Gasteiger partial charge in [-0.15, -0.1) is 0 Å². The van der Waals surface area contributed by atoms with Crippen molar-refractivity contribution in [1.82, 2.24) is 0 Å². The van der Waals surface area contributed by atoms with Gasteiger partial charge >= 0.3 is 0 Å². The Kier molecular flexibility index (Phi) is 4.23. The van der Waals surface area contributed by atoms with E-state index >= 15 is 0 Å². The second-order valence-corrected chi connectivity index (χ2v) is 5.14. The molecule has 2 aromatic carbocycles. The number of rotatable bonds is 5. The van der Waals surface area contributed by atoms with Gasteiger partial charge < -0.3 is 10.5 Å². The van der Waals surface area contributed by atoms with Gasteiger partial charge in [-0.25, -0.2) is 0 Å². The smallest absolute Gasteiger partial charge is 0.119 e. The molecule has 2 aromatic rings. The van der Waals surface area contributed by atoms with Crippen molar-refractivity contribution in [3.05, 3.63) is 65.7 Å². The molecule has 19 heavy (non-hydrogen) atoms. The highest BCUT2D eigenvalue weighted by Crippen LogP contribution is 2.26. The Bertz CT molecular complexity index is 520. The largest absolute Gasteiger partial charge is 0.497 e. The summed E-state index contributed by atoms with van der Waals surface area (Å²) in [7, 11) is 1.68. The Hall–Kier alpha value is -1.80. The topological polar surface area (TPSA) is 35.2 Å². The first-order valence-electron chi connectivity index (χ1n) is 6.59. The molecule has 2 heteroatoms. The van der Waals surface area contributed by atoms with Crippen LogP contribution in [0.3, 0.4) is 0 Å². The first kappa shape index (κ1) is 13.6. The van der Waals surface area contributed by atoms with E-state index in [-0.39, 0.29) is 5.54 Å². The Labute approximate surface area is 115 Å². The SMILES string of the molecule is COc1cccc(C(C)(N)CCc2ccccc2)c1. The molecule has 2 rings (SSSR count). The van der Waals surface area contributed by atoms with Crippen molar-refractivity contribution in [2.75, 3.05) is 7.11 Å². The molecule has 2 nitrogen and oxygen atoms in total. The fraction of sp³-hybridized carbons (Fsp3) is 0.294. The van der Waals surface area contributed by atoms with E-state index in [1.165, 1.54) is 5.56 Å². The molecule has 0 aromatic heterocycles. The Morgan fingerprint density at radius 1 is 1.05 bits per heavy atom. The van der Waals surface area contributed by atoms with Gasteiger partial charge in [0.1, 0.15) is 5.75 Å². The standard InChI is InChI=1S/C17H21NO/c1-17(18,12-11-14-7-4-3-5-8-14)15-9-6-10-16(13-15)19-2/h3-10,13H,11-12,18H2,1-2H3. The van der Waals surface area contributed by atoms with Crippen LogP contribution in [0, 0.1) is 0 Å². The van der Waals surface area contributed by atoms with Crippen LogP contribution in [0.5, 0.6) is 5.75 Å². The molecule has 1 atom stereocenters. The summed E-state index contributed by atoms with van der Waals surface area (Å²) in [6, 6.07) is 18.5. The minimum absolute atomic E-state index is 0.343. The fourth-order valence-corrected chi connectivity index (χ4v) is 2.17. The molecule has 0 heterocycles. The summed E-state index contributed by atoms with van der Waals surface area (Å²) in [6.45, 7) is 2.07. The molecule has 2 N–H and O–H groups in total. The third-order valence-corrected chi connectivity index (χ3v) is 3.51. The molecule has 0 amide bonds. The lowest BCUT2D eigenvalue weighted by atomic mass is 9.87. The van der Waals surface area contributed by atoms with Crippen molar-refractivity contribution in [3.8, 4) is 5.75 Å². The quantitative estimate of drug-likeness (QED) is 0.887. The summed E-state index contributed by atoms with van der Waals surface area (Å²) in [6.07, 6.45) is 1.88. The predicted octanol–water partition coefficient (Wildman–Crippen LogP) is 3.50. The average Bonchev–Trinajstić information content (AvgIpc) is 2.46. The van der Waals surface area contributed by atoms with Gasteiger partial charge in [-0.3, -0.25) is 0 Å². The van der Waals surface area contributed by atoms with Crippen molar-refractivity contribution in [3.63, 3.8) is 0 Å². The van der Waals surface area contributed by atoms with Crippen LogP contribution >= 0.6 is 0 Å². The van der Waals surface area contributed by atoms with Crippen LogP contribution in [-0.2, 0) is 12.0 Å². The van der Waals surface area contributed by atoms with Crippen molar-refractivity contribution in [1.29, 1.82) is 0 Å². The van der Waals surface area contributed by atoms with E-state index in [1.807, 2.05) is 24.3 Å². The normalized spacial score (nSPS) is 13.8. The Morgan fingerprint density at radius 3 is 2.47 bits per heavy atom. The van der Waals surface area contributed by atoms with E-state index in [0.29, 0.717) is 0 Å². The molecule has 0 radical (unpaired) electrons. The molecule has 0 fully saturated rings. The zero-order valence-corrected chi connectivity index (χ0v) is 11.6. The van der Waals surface area contributed by atoms with Crippen LogP contribution in [-0.4, -0.2) is 7.11 Å². The molecular weight excluding hydrogens is 234 g/mol.